The molecule has 2 aromatic heterocycles. The third-order valence-corrected chi connectivity index (χ3v) is 6.42. The van der Waals surface area contributed by atoms with Crippen LogP contribution in [0.4, 0.5) is 0 Å². The van der Waals surface area contributed by atoms with Crippen molar-refractivity contribution in [3.05, 3.63) is 89.8 Å². The van der Waals surface area contributed by atoms with Crippen LogP contribution in [0.2, 0.25) is 0 Å². The van der Waals surface area contributed by atoms with Crippen LogP contribution in [0.25, 0.3) is 17.8 Å². The first kappa shape index (κ1) is 21.9. The van der Waals surface area contributed by atoms with Crippen molar-refractivity contribution in [2.45, 2.75) is 38.1 Å². The molecule has 7 heteroatoms. The lowest BCUT2D eigenvalue weighted by atomic mass is 9.76. The van der Waals surface area contributed by atoms with Crippen LogP contribution in [0, 0.1) is 6.92 Å². The summed E-state index contributed by atoms with van der Waals surface area (Å²) in [6.07, 6.45) is 21.3. The van der Waals surface area contributed by atoms with Crippen LogP contribution >= 0.6 is 0 Å². The Bertz CT molecular complexity index is 1310. The number of methoxy groups -OCH3 is 2. The fourth-order valence-electron chi connectivity index (χ4n) is 4.67. The summed E-state index contributed by atoms with van der Waals surface area (Å²) in [7, 11) is 3.38. The number of ether oxygens (including phenoxy) is 2. The Labute approximate surface area is 199 Å². The number of benzene rings is 1. The van der Waals surface area contributed by atoms with Gasteiger partial charge in [0.2, 0.25) is 0 Å². The van der Waals surface area contributed by atoms with Gasteiger partial charge in [0, 0.05) is 12.7 Å². The Morgan fingerprint density at radius 1 is 1.15 bits per heavy atom. The van der Waals surface area contributed by atoms with E-state index in [0.29, 0.717) is 0 Å². The van der Waals surface area contributed by atoms with Crippen LogP contribution < -0.4 is 4.74 Å². The van der Waals surface area contributed by atoms with E-state index in [1.54, 1.807) is 20.5 Å². The van der Waals surface area contributed by atoms with E-state index in [1.165, 1.54) is 0 Å². The SMILES string of the molecule is COC1=C/C=C/C2(CC=C1)CCCn1nc(/C=C/c3ccc(-n4cnc(C)c4)c(OC)c3)nc12. The van der Waals surface area contributed by atoms with Crippen LogP contribution in [0.5, 0.6) is 5.75 Å². The van der Waals surface area contributed by atoms with Crippen LogP contribution in [0.15, 0.2) is 66.9 Å². The number of fused-ring (bicyclic) bond motifs is 2. The molecule has 34 heavy (non-hydrogen) atoms. The molecule has 1 unspecified atom stereocenters. The molecular weight excluding hydrogens is 426 g/mol. The first-order valence-electron chi connectivity index (χ1n) is 11.5. The van der Waals surface area contributed by atoms with Crippen LogP contribution in [-0.4, -0.2) is 38.5 Å². The number of imidazole rings is 1. The van der Waals surface area contributed by atoms with Gasteiger partial charge in [0.1, 0.15) is 17.3 Å². The lowest BCUT2D eigenvalue weighted by Crippen LogP contribution is -2.32. The average Bonchev–Trinajstić information content (AvgIpc) is 3.46. The summed E-state index contributed by atoms with van der Waals surface area (Å²) in [5, 5.41) is 4.79. The summed E-state index contributed by atoms with van der Waals surface area (Å²) in [6.45, 7) is 2.86. The first-order chi connectivity index (χ1) is 16.6. The van der Waals surface area contributed by atoms with Gasteiger partial charge in [0.05, 0.1) is 37.3 Å². The van der Waals surface area contributed by atoms with E-state index in [0.717, 1.165) is 65.9 Å². The normalized spacial score (nSPS) is 20.6. The molecule has 0 amide bonds. The zero-order valence-electron chi connectivity index (χ0n) is 19.8. The van der Waals surface area contributed by atoms with Gasteiger partial charge in [-0.3, -0.25) is 0 Å². The molecule has 0 bridgehead atoms. The number of aromatic nitrogens is 5. The first-order valence-corrected chi connectivity index (χ1v) is 11.5. The summed E-state index contributed by atoms with van der Waals surface area (Å²) in [4.78, 5) is 9.26. The molecule has 1 atom stereocenters. The van der Waals surface area contributed by atoms with Gasteiger partial charge in [-0.15, -0.1) is 0 Å². The molecular formula is C27H29N5O2. The quantitative estimate of drug-likeness (QED) is 0.540. The van der Waals surface area contributed by atoms with Crippen LogP contribution in [-0.2, 0) is 16.7 Å². The predicted octanol–water partition coefficient (Wildman–Crippen LogP) is 5.03. The van der Waals surface area contributed by atoms with E-state index in [2.05, 4.69) is 34.0 Å². The summed E-state index contributed by atoms with van der Waals surface area (Å²) in [5.74, 6) is 3.39. The molecule has 1 aliphatic heterocycles. The minimum atomic E-state index is -0.141. The fraction of sp³-hybridized carbons (Fsp3) is 0.296. The number of hydrogen-bond donors (Lipinski definition) is 0. The van der Waals surface area contributed by atoms with Crippen molar-refractivity contribution in [1.82, 2.24) is 24.3 Å². The molecule has 0 saturated heterocycles. The topological polar surface area (TPSA) is 67.0 Å². The lowest BCUT2D eigenvalue weighted by molar-refractivity contribution is 0.305. The van der Waals surface area contributed by atoms with Gasteiger partial charge in [-0.25, -0.2) is 14.6 Å². The second kappa shape index (κ2) is 9.17. The Balaban J connectivity index is 1.42. The van der Waals surface area contributed by atoms with Crippen molar-refractivity contribution >= 4 is 12.2 Å². The molecule has 1 spiro atoms. The molecule has 0 fully saturated rings. The molecule has 0 saturated carbocycles. The molecule has 5 rings (SSSR count). The molecule has 174 valence electrons. The average molecular weight is 456 g/mol. The zero-order chi connectivity index (χ0) is 23.5. The van der Waals surface area contributed by atoms with Crippen LogP contribution in [0.3, 0.4) is 0 Å². The molecule has 2 aliphatic rings. The maximum absolute atomic E-state index is 5.64. The molecule has 1 aliphatic carbocycles. The van der Waals surface area contributed by atoms with Crippen molar-refractivity contribution in [2.75, 3.05) is 14.2 Å². The second-order valence-electron chi connectivity index (χ2n) is 8.70. The van der Waals surface area contributed by atoms with Gasteiger partial charge in [-0.05, 0) is 62.1 Å². The minimum absolute atomic E-state index is 0.141. The lowest BCUT2D eigenvalue weighted by Gasteiger charge is -2.33. The maximum Gasteiger partial charge on any atom is 0.174 e. The van der Waals surface area contributed by atoms with Gasteiger partial charge < -0.3 is 14.0 Å². The highest BCUT2D eigenvalue weighted by molar-refractivity contribution is 5.69. The number of rotatable bonds is 5. The number of hydrogen-bond acceptors (Lipinski definition) is 5. The molecule has 1 aromatic carbocycles. The van der Waals surface area contributed by atoms with Crippen molar-refractivity contribution in [1.29, 1.82) is 0 Å². The number of aryl methyl sites for hydroxylation is 2. The highest BCUT2D eigenvalue weighted by Gasteiger charge is 2.37. The number of nitrogens with zero attached hydrogens (tertiary/aromatic N) is 5. The van der Waals surface area contributed by atoms with E-state index in [4.69, 9.17) is 19.6 Å². The van der Waals surface area contributed by atoms with E-state index in [1.807, 2.05) is 54.1 Å². The molecule has 0 N–H and O–H groups in total. The van der Waals surface area contributed by atoms with Crippen LogP contribution in [0.1, 0.15) is 42.2 Å². The van der Waals surface area contributed by atoms with E-state index in [-0.39, 0.29) is 5.41 Å². The van der Waals surface area contributed by atoms with Crippen molar-refractivity contribution in [3.8, 4) is 11.4 Å². The number of allylic oxidation sites excluding steroid dienone is 5. The van der Waals surface area contributed by atoms with Gasteiger partial charge in [0.15, 0.2) is 5.82 Å². The highest BCUT2D eigenvalue weighted by Crippen LogP contribution is 2.38. The standard InChI is InChI=1S/C27H29N5O2/c1-20-18-31(19-28-20)23-11-9-21(17-24(23)34-3)10-12-25-29-26-27(15-6-16-32(26)30-25)13-4-7-22(33-2)8-5-14-27/h4-5,7-13,17-19H,6,14-16H2,1-3H3/b8-5?,12-10+,13-4+,22-7?. The van der Waals surface area contributed by atoms with Gasteiger partial charge in [-0.2, -0.15) is 5.10 Å². The highest BCUT2D eigenvalue weighted by atomic mass is 16.5. The Hall–Kier alpha value is -3.87. The summed E-state index contributed by atoms with van der Waals surface area (Å²) >= 11 is 0. The third kappa shape index (κ3) is 4.21. The minimum Gasteiger partial charge on any atom is -0.497 e. The Morgan fingerprint density at radius 2 is 2.06 bits per heavy atom. The Kier molecular flexibility index (Phi) is 5.92. The van der Waals surface area contributed by atoms with Gasteiger partial charge >= 0.3 is 0 Å². The van der Waals surface area contributed by atoms with Crippen molar-refractivity contribution in [3.63, 3.8) is 0 Å². The molecule has 7 nitrogen and oxygen atoms in total. The summed E-state index contributed by atoms with van der Waals surface area (Å²) < 4.78 is 15.0. The van der Waals surface area contributed by atoms with Gasteiger partial charge in [-0.1, -0.05) is 30.4 Å². The second-order valence-corrected chi connectivity index (χ2v) is 8.70. The van der Waals surface area contributed by atoms with E-state index < -0.39 is 0 Å². The third-order valence-electron chi connectivity index (χ3n) is 6.42. The summed E-state index contributed by atoms with van der Waals surface area (Å²) in [6, 6.07) is 6.11. The molecule has 3 heterocycles. The van der Waals surface area contributed by atoms with E-state index >= 15 is 0 Å². The monoisotopic (exact) mass is 455 g/mol. The smallest absolute Gasteiger partial charge is 0.174 e. The van der Waals surface area contributed by atoms with Crippen molar-refractivity contribution in [2.24, 2.45) is 0 Å². The van der Waals surface area contributed by atoms with Crippen molar-refractivity contribution < 1.29 is 9.47 Å². The fourth-order valence-corrected chi connectivity index (χ4v) is 4.67. The largest absolute Gasteiger partial charge is 0.497 e. The maximum atomic E-state index is 5.64. The predicted molar refractivity (Wildman–Crippen MR) is 133 cm³/mol. The Morgan fingerprint density at radius 3 is 2.85 bits per heavy atom. The zero-order valence-corrected chi connectivity index (χ0v) is 19.8. The summed E-state index contributed by atoms with van der Waals surface area (Å²) in [5.41, 5.74) is 2.79. The van der Waals surface area contributed by atoms with E-state index in [9.17, 15) is 0 Å². The molecule has 0 radical (unpaired) electrons. The van der Waals surface area contributed by atoms with Gasteiger partial charge in [0.25, 0.3) is 0 Å². The molecule has 3 aromatic rings.